The van der Waals surface area contributed by atoms with Crippen LogP contribution in [-0.2, 0) is 0 Å². The lowest BCUT2D eigenvalue weighted by Gasteiger charge is -2.33. The van der Waals surface area contributed by atoms with E-state index in [1.807, 2.05) is 0 Å². The zero-order chi connectivity index (χ0) is 12.4. The van der Waals surface area contributed by atoms with Crippen LogP contribution in [0.5, 0.6) is 0 Å². The molecule has 0 spiro atoms. The average Bonchev–Trinajstić information content (AvgIpc) is 2.28. The van der Waals surface area contributed by atoms with Crippen LogP contribution in [-0.4, -0.2) is 35.8 Å². The fraction of sp³-hybridized carbons (Fsp3) is 0.583. The van der Waals surface area contributed by atoms with E-state index in [-0.39, 0.29) is 0 Å². The lowest BCUT2D eigenvalue weighted by molar-refractivity contribution is 0.199. The third kappa shape index (κ3) is 2.89. The average molecular weight is 256 g/mol. The second kappa shape index (κ2) is 5.21. The minimum absolute atomic E-state index is 0.443. The van der Waals surface area contributed by atoms with E-state index in [0.717, 1.165) is 31.0 Å². The van der Waals surface area contributed by atoms with Crippen LogP contribution >= 0.6 is 11.6 Å². The molecule has 2 heterocycles. The summed E-state index contributed by atoms with van der Waals surface area (Å²) in [4.78, 5) is 6.54. The maximum atomic E-state index is 9.47. The highest BCUT2D eigenvalue weighted by atomic mass is 35.5. The van der Waals surface area contributed by atoms with E-state index in [1.165, 1.54) is 0 Å². The van der Waals surface area contributed by atoms with Crippen LogP contribution in [0.25, 0.3) is 0 Å². The Kier molecular flexibility index (Phi) is 3.86. The number of aliphatic hydroxyl groups is 1. The first-order chi connectivity index (χ1) is 8.08. The topological polar surface area (TPSA) is 48.4 Å². The van der Waals surface area contributed by atoms with E-state index in [0.29, 0.717) is 11.1 Å². The predicted molar refractivity (Wildman–Crippen MR) is 69.6 cm³/mol. The molecule has 0 amide bonds. The number of anilines is 1. The van der Waals surface area contributed by atoms with Crippen LogP contribution in [0.4, 0.5) is 5.82 Å². The summed E-state index contributed by atoms with van der Waals surface area (Å²) >= 11 is 6.22. The van der Waals surface area contributed by atoms with Gasteiger partial charge in [-0.2, -0.15) is 0 Å². The van der Waals surface area contributed by atoms with Gasteiger partial charge in [0.05, 0.1) is 11.1 Å². The van der Waals surface area contributed by atoms with Crippen molar-refractivity contribution in [3.63, 3.8) is 0 Å². The number of rotatable bonds is 2. The summed E-state index contributed by atoms with van der Waals surface area (Å²) in [6.07, 6.45) is 1.16. The molecule has 2 rings (SSSR count). The van der Waals surface area contributed by atoms with Gasteiger partial charge < -0.3 is 15.3 Å². The summed E-state index contributed by atoms with van der Waals surface area (Å²) in [6, 6.07) is 2.24. The van der Waals surface area contributed by atoms with Gasteiger partial charge >= 0.3 is 0 Å². The van der Waals surface area contributed by atoms with Crippen molar-refractivity contribution in [2.75, 3.05) is 24.5 Å². The maximum Gasteiger partial charge on any atom is 0.147 e. The molecule has 1 aromatic rings. The summed E-state index contributed by atoms with van der Waals surface area (Å²) in [7, 11) is 0. The molecule has 2 atom stereocenters. The van der Waals surface area contributed by atoms with E-state index >= 15 is 0 Å². The van der Waals surface area contributed by atoms with Gasteiger partial charge in [0.1, 0.15) is 5.82 Å². The molecule has 0 aliphatic carbocycles. The number of aromatic nitrogens is 1. The first-order valence-corrected chi connectivity index (χ1v) is 6.27. The number of aliphatic hydroxyl groups excluding tert-OH is 1. The van der Waals surface area contributed by atoms with Gasteiger partial charge in [-0.1, -0.05) is 11.6 Å². The summed E-state index contributed by atoms with van der Waals surface area (Å²) in [6.45, 7) is 6.60. The monoisotopic (exact) mass is 255 g/mol. The predicted octanol–water partition coefficient (Wildman–Crippen LogP) is 1.59. The molecule has 0 saturated carbocycles. The number of pyridine rings is 1. The highest BCUT2D eigenvalue weighted by molar-refractivity contribution is 6.33. The van der Waals surface area contributed by atoms with Crippen LogP contribution in [0.2, 0.25) is 5.02 Å². The van der Waals surface area contributed by atoms with E-state index < -0.39 is 6.10 Å². The Labute approximate surface area is 107 Å². The molecule has 94 valence electrons. The minimum Gasteiger partial charge on any atom is -0.389 e. The lowest BCUT2D eigenvalue weighted by Crippen LogP contribution is -2.49. The number of nitrogens with one attached hydrogen (secondary N) is 1. The van der Waals surface area contributed by atoms with Crippen molar-refractivity contribution in [3.8, 4) is 0 Å². The molecule has 2 N–H and O–H groups in total. The van der Waals surface area contributed by atoms with Gasteiger partial charge in [-0.3, -0.25) is 0 Å². The molecule has 1 aliphatic heterocycles. The number of halogens is 1. The minimum atomic E-state index is -0.531. The first-order valence-electron chi connectivity index (χ1n) is 5.89. The Morgan fingerprint density at radius 1 is 1.65 bits per heavy atom. The van der Waals surface area contributed by atoms with E-state index in [1.54, 1.807) is 19.2 Å². The maximum absolute atomic E-state index is 9.47. The molecular weight excluding hydrogens is 238 g/mol. The molecule has 1 aliphatic rings. The molecule has 0 radical (unpaired) electrons. The Morgan fingerprint density at radius 3 is 3.00 bits per heavy atom. The van der Waals surface area contributed by atoms with Crippen LogP contribution in [0.15, 0.2) is 12.3 Å². The third-order valence-electron chi connectivity index (χ3n) is 2.99. The summed E-state index contributed by atoms with van der Waals surface area (Å²) < 4.78 is 0. The molecular formula is C12H18ClN3O. The number of hydrogen-bond acceptors (Lipinski definition) is 4. The van der Waals surface area contributed by atoms with Gasteiger partial charge in [-0.05, 0) is 19.9 Å². The van der Waals surface area contributed by atoms with Crippen molar-refractivity contribution in [1.82, 2.24) is 10.3 Å². The molecule has 0 bridgehead atoms. The molecule has 4 nitrogen and oxygen atoms in total. The first kappa shape index (κ1) is 12.6. The summed E-state index contributed by atoms with van der Waals surface area (Å²) in [5.74, 6) is 0.810. The van der Waals surface area contributed by atoms with Crippen molar-refractivity contribution in [2.24, 2.45) is 0 Å². The zero-order valence-electron chi connectivity index (χ0n) is 10.2. The second-order valence-corrected chi connectivity index (χ2v) is 4.96. The van der Waals surface area contributed by atoms with Gasteiger partial charge in [0.15, 0.2) is 0 Å². The van der Waals surface area contributed by atoms with Crippen molar-refractivity contribution in [1.29, 1.82) is 0 Å². The molecule has 1 aromatic heterocycles. The molecule has 1 saturated heterocycles. The smallest absolute Gasteiger partial charge is 0.147 e. The Bertz CT molecular complexity index is 397. The Balaban J connectivity index is 2.21. The Hall–Kier alpha value is -0.840. The van der Waals surface area contributed by atoms with Crippen LogP contribution in [0.3, 0.4) is 0 Å². The highest BCUT2D eigenvalue weighted by Crippen LogP contribution is 2.26. The second-order valence-electron chi connectivity index (χ2n) is 4.55. The van der Waals surface area contributed by atoms with Crippen LogP contribution < -0.4 is 10.2 Å². The van der Waals surface area contributed by atoms with Crippen LogP contribution in [0.1, 0.15) is 25.5 Å². The van der Waals surface area contributed by atoms with Crippen molar-refractivity contribution in [3.05, 3.63) is 22.8 Å². The summed E-state index contributed by atoms with van der Waals surface area (Å²) in [5.41, 5.74) is 0.752. The lowest BCUT2D eigenvalue weighted by atomic mass is 10.2. The molecule has 1 unspecified atom stereocenters. The molecule has 17 heavy (non-hydrogen) atoms. The van der Waals surface area contributed by atoms with Crippen molar-refractivity contribution >= 4 is 17.4 Å². The number of nitrogens with zero attached hydrogens (tertiary/aromatic N) is 2. The van der Waals surface area contributed by atoms with E-state index in [2.05, 4.69) is 22.1 Å². The van der Waals surface area contributed by atoms with Gasteiger partial charge in [0.2, 0.25) is 0 Å². The number of hydrogen-bond donors (Lipinski definition) is 2. The largest absolute Gasteiger partial charge is 0.389 e. The number of piperazine rings is 1. The van der Waals surface area contributed by atoms with Crippen molar-refractivity contribution in [2.45, 2.75) is 26.0 Å². The summed E-state index contributed by atoms with van der Waals surface area (Å²) in [5, 5.41) is 13.5. The SMILES string of the molecule is CC(O)c1cnc(N2CCN[C@H](C)C2)c(Cl)c1. The normalized spacial score (nSPS) is 22.6. The quantitative estimate of drug-likeness (QED) is 0.843. The highest BCUT2D eigenvalue weighted by Gasteiger charge is 2.19. The fourth-order valence-electron chi connectivity index (χ4n) is 2.03. The van der Waals surface area contributed by atoms with Gasteiger partial charge in [-0.25, -0.2) is 4.98 Å². The van der Waals surface area contributed by atoms with Gasteiger partial charge in [-0.15, -0.1) is 0 Å². The van der Waals surface area contributed by atoms with Gasteiger partial charge in [0.25, 0.3) is 0 Å². The van der Waals surface area contributed by atoms with E-state index in [9.17, 15) is 5.11 Å². The van der Waals surface area contributed by atoms with Crippen molar-refractivity contribution < 1.29 is 5.11 Å². The molecule has 0 aromatic carbocycles. The zero-order valence-corrected chi connectivity index (χ0v) is 10.9. The van der Waals surface area contributed by atoms with Gasteiger partial charge in [0, 0.05) is 37.4 Å². The fourth-order valence-corrected chi connectivity index (χ4v) is 2.33. The standard InChI is InChI=1S/C12H18ClN3O/c1-8-7-16(4-3-14-8)12-11(13)5-10(6-15-12)9(2)17/h5-6,8-9,14,17H,3-4,7H2,1-2H3/t8-,9?/m1/s1. The Morgan fingerprint density at radius 2 is 2.41 bits per heavy atom. The van der Waals surface area contributed by atoms with E-state index in [4.69, 9.17) is 11.6 Å². The third-order valence-corrected chi connectivity index (χ3v) is 3.27. The molecule has 5 heteroatoms. The molecule has 1 fully saturated rings. The van der Waals surface area contributed by atoms with Crippen LogP contribution in [0, 0.1) is 0 Å².